The number of methoxy groups -OCH3 is 1. The number of benzene rings is 1. The van der Waals surface area contributed by atoms with E-state index in [-0.39, 0.29) is 31.2 Å². The number of sulfonamides is 1. The Kier molecular flexibility index (Phi) is 10.7. The molecule has 14 nitrogen and oxygen atoms in total. The van der Waals surface area contributed by atoms with Crippen LogP contribution in [0.25, 0.3) is 10.8 Å². The highest BCUT2D eigenvalue weighted by Crippen LogP contribution is 2.47. The Labute approximate surface area is 317 Å². The van der Waals surface area contributed by atoms with Crippen LogP contribution in [-0.4, -0.2) is 89.8 Å². The van der Waals surface area contributed by atoms with Gasteiger partial charge in [-0.2, -0.15) is 0 Å². The number of allylic oxidation sites excluding steroid dienone is 1. The van der Waals surface area contributed by atoms with E-state index in [1.807, 2.05) is 37.3 Å². The predicted molar refractivity (Wildman–Crippen MR) is 201 cm³/mol. The molecule has 54 heavy (non-hydrogen) atoms. The van der Waals surface area contributed by atoms with Gasteiger partial charge in [0.15, 0.2) is 0 Å². The van der Waals surface area contributed by atoms with Crippen molar-refractivity contribution in [3.05, 3.63) is 42.6 Å². The van der Waals surface area contributed by atoms with Gasteiger partial charge in [-0.15, -0.1) is 0 Å². The van der Waals surface area contributed by atoms with Gasteiger partial charge >= 0.3 is 6.09 Å². The van der Waals surface area contributed by atoms with Crippen LogP contribution in [0.3, 0.4) is 0 Å². The molecule has 2 aromatic rings. The summed E-state index contributed by atoms with van der Waals surface area (Å²) in [6.45, 7) is 10.7. The maximum Gasteiger partial charge on any atom is 0.408 e. The van der Waals surface area contributed by atoms with Crippen molar-refractivity contribution in [1.82, 2.24) is 25.2 Å². The number of hydrogen-bond donors (Lipinski definition) is 3. The fourth-order valence-corrected chi connectivity index (χ4v) is 8.92. The quantitative estimate of drug-likeness (QED) is 0.342. The number of hydrogen-bond acceptors (Lipinski definition) is 10. The molecule has 4 aliphatic rings. The van der Waals surface area contributed by atoms with Crippen molar-refractivity contribution in [1.29, 1.82) is 0 Å². The average Bonchev–Trinajstić information content (AvgIpc) is 3.97. The Morgan fingerprint density at radius 1 is 1.07 bits per heavy atom. The Morgan fingerprint density at radius 3 is 2.50 bits per heavy atom. The summed E-state index contributed by atoms with van der Waals surface area (Å²) >= 11 is 0. The number of alkyl carbamates (subject to hydrolysis) is 1. The number of carbonyl (C=O) groups excluding carboxylic acids is 4. The third-order valence-electron chi connectivity index (χ3n) is 11.1. The smallest absolute Gasteiger partial charge is 0.408 e. The lowest BCUT2D eigenvalue weighted by Gasteiger charge is -2.33. The molecule has 0 unspecified atom stereocenters. The minimum Gasteiger partial charge on any atom is -0.496 e. The average molecular weight is 768 g/mol. The third-order valence-corrected chi connectivity index (χ3v) is 13.3. The fourth-order valence-electron chi connectivity index (χ4n) is 7.61. The van der Waals surface area contributed by atoms with E-state index in [2.05, 4.69) is 27.3 Å². The van der Waals surface area contributed by atoms with E-state index < -0.39 is 73.8 Å². The monoisotopic (exact) mass is 767 g/mol. The Bertz CT molecular complexity index is 1940. The van der Waals surface area contributed by atoms with Gasteiger partial charge in [-0.1, -0.05) is 32.1 Å². The summed E-state index contributed by atoms with van der Waals surface area (Å²) < 4.78 is 45.1. The molecule has 0 spiro atoms. The number of amides is 4. The summed E-state index contributed by atoms with van der Waals surface area (Å²) in [5.74, 6) is -1.64. The first kappa shape index (κ1) is 39.3. The first-order valence-electron chi connectivity index (χ1n) is 18.8. The summed E-state index contributed by atoms with van der Waals surface area (Å²) in [7, 11) is -2.43. The molecular weight excluding hydrogens is 715 g/mol. The van der Waals surface area contributed by atoms with E-state index >= 15 is 0 Å². The zero-order valence-corrected chi connectivity index (χ0v) is 33.0. The second kappa shape index (κ2) is 14.7. The second-order valence-corrected chi connectivity index (χ2v) is 19.0. The molecule has 15 heteroatoms. The first-order chi connectivity index (χ1) is 25.4. The van der Waals surface area contributed by atoms with E-state index in [9.17, 15) is 27.6 Å². The normalized spacial score (nSPS) is 30.4. The maximum absolute atomic E-state index is 14.7. The number of aromatic nitrogens is 1. The summed E-state index contributed by atoms with van der Waals surface area (Å²) in [6, 6.07) is 5.11. The van der Waals surface area contributed by atoms with Gasteiger partial charge < -0.3 is 29.7 Å². The molecule has 1 aromatic heterocycles. The Morgan fingerprint density at radius 2 is 1.81 bits per heavy atom. The Balaban J connectivity index is 1.35. The van der Waals surface area contributed by atoms with Crippen LogP contribution < -0.4 is 24.8 Å². The molecule has 6 rings (SSSR count). The minimum atomic E-state index is -4.00. The lowest BCUT2D eigenvalue weighted by atomic mass is 9.88. The number of carbonyl (C=O) groups is 4. The zero-order valence-electron chi connectivity index (χ0n) is 32.1. The van der Waals surface area contributed by atoms with Gasteiger partial charge in [-0.25, -0.2) is 18.2 Å². The van der Waals surface area contributed by atoms with Crippen molar-refractivity contribution in [3.8, 4) is 11.6 Å². The van der Waals surface area contributed by atoms with Crippen molar-refractivity contribution >= 4 is 44.6 Å². The molecule has 0 radical (unpaired) electrons. The lowest BCUT2D eigenvalue weighted by Crippen LogP contribution is -2.59. The molecule has 3 fully saturated rings. The highest BCUT2D eigenvalue weighted by Gasteiger charge is 2.63. The number of nitrogens with one attached hydrogen (secondary N) is 3. The molecule has 4 amide bonds. The topological polar surface area (TPSA) is 182 Å². The summed E-state index contributed by atoms with van der Waals surface area (Å²) in [6.07, 6.45) is 7.11. The highest BCUT2D eigenvalue weighted by atomic mass is 32.2. The second-order valence-electron chi connectivity index (χ2n) is 16.8. The molecule has 7 atom stereocenters. The number of ether oxygens (including phenoxy) is 3. The van der Waals surface area contributed by atoms with E-state index in [1.54, 1.807) is 47.1 Å². The fraction of sp³-hybridized carbons (Fsp3) is 0.615. The summed E-state index contributed by atoms with van der Waals surface area (Å²) in [5.41, 5.74) is -2.35. The van der Waals surface area contributed by atoms with Gasteiger partial charge in [0, 0.05) is 29.3 Å². The largest absolute Gasteiger partial charge is 0.496 e. The molecular formula is C39H53N5O9S. The van der Waals surface area contributed by atoms with E-state index in [0.717, 1.165) is 11.8 Å². The van der Waals surface area contributed by atoms with Gasteiger partial charge in [-0.3, -0.25) is 19.1 Å². The van der Waals surface area contributed by atoms with E-state index in [4.69, 9.17) is 14.2 Å². The number of fused-ring (bicyclic) bond motifs is 3. The number of nitrogens with zero attached hydrogens (tertiary/aromatic N) is 2. The molecule has 1 saturated heterocycles. The van der Waals surface area contributed by atoms with E-state index in [0.29, 0.717) is 42.7 Å². The minimum absolute atomic E-state index is 0.0248. The van der Waals surface area contributed by atoms with Crippen LogP contribution in [-0.2, 0) is 29.1 Å². The molecule has 0 bridgehead atoms. The van der Waals surface area contributed by atoms with Crippen molar-refractivity contribution < 1.29 is 41.8 Å². The van der Waals surface area contributed by atoms with Crippen molar-refractivity contribution in [2.24, 2.45) is 17.8 Å². The first-order valence-corrected chi connectivity index (χ1v) is 20.3. The SMILES string of the molecule is COc1cccc2c(O[C@@H]3C[C@H]4C(=O)N[C@]5(C(=O)NS(=O)(=O)C6(C)CC6)C[C@H]5/C=C\CC[C@H](C)C[C@@H](C)[C@H](NC(=O)OC(C)(C)C)C(=O)N4C3)nccc12. The van der Waals surface area contributed by atoms with Gasteiger partial charge in [0.05, 0.1) is 18.4 Å². The van der Waals surface area contributed by atoms with Gasteiger partial charge in [-0.05, 0) is 96.3 Å². The van der Waals surface area contributed by atoms with Gasteiger partial charge in [0.1, 0.15) is 35.1 Å². The van der Waals surface area contributed by atoms with Crippen molar-refractivity contribution in [2.45, 2.75) is 121 Å². The zero-order chi connectivity index (χ0) is 39.2. The lowest BCUT2D eigenvalue weighted by molar-refractivity contribution is -0.142. The van der Waals surface area contributed by atoms with Crippen molar-refractivity contribution in [2.75, 3.05) is 13.7 Å². The molecule has 2 saturated carbocycles. The van der Waals surface area contributed by atoms with Crippen LogP contribution >= 0.6 is 0 Å². The molecule has 3 N–H and O–H groups in total. The van der Waals surface area contributed by atoms with Gasteiger partial charge in [0.25, 0.3) is 5.91 Å². The standard InChI is InChI=1S/C39H53N5O9S/c1-23-11-8-9-12-25-21-39(25,35(47)43-54(49,50)38(6)16-17-38)42-32(45)29-20-26(52-33-28-13-10-14-30(51-7)27(28)15-18-40-33)22-44(29)34(46)31(24(2)19-23)41-36(48)53-37(3,4)5/h9-10,12-15,18,23-26,29,31H,8,11,16-17,19-22H2,1-7H3,(H,41,48)(H,42,45)(H,43,47)/b12-9-/t23-,24+,25+,26+,29-,31-,39+/m0/s1. The molecule has 2 aliphatic heterocycles. The number of rotatable bonds is 7. The summed E-state index contributed by atoms with van der Waals surface area (Å²) in [5, 5.41) is 7.16. The van der Waals surface area contributed by atoms with Crippen LogP contribution in [0.2, 0.25) is 0 Å². The van der Waals surface area contributed by atoms with E-state index in [1.165, 1.54) is 4.90 Å². The van der Waals surface area contributed by atoms with Crippen LogP contribution in [0.15, 0.2) is 42.6 Å². The maximum atomic E-state index is 14.7. The van der Waals surface area contributed by atoms with Crippen LogP contribution in [0.4, 0.5) is 4.79 Å². The van der Waals surface area contributed by atoms with Gasteiger partial charge in [0.2, 0.25) is 27.7 Å². The summed E-state index contributed by atoms with van der Waals surface area (Å²) in [4.78, 5) is 62.2. The van der Waals surface area contributed by atoms with Crippen LogP contribution in [0.1, 0.15) is 86.5 Å². The molecule has 1 aromatic carbocycles. The highest BCUT2D eigenvalue weighted by molar-refractivity contribution is 7.91. The molecule has 2 aliphatic carbocycles. The number of pyridine rings is 1. The van der Waals surface area contributed by atoms with Crippen LogP contribution in [0.5, 0.6) is 11.6 Å². The molecule has 3 heterocycles. The predicted octanol–water partition coefficient (Wildman–Crippen LogP) is 4.37. The van der Waals surface area contributed by atoms with Crippen LogP contribution in [0, 0.1) is 17.8 Å². The third kappa shape index (κ3) is 8.15. The molecule has 294 valence electrons. The van der Waals surface area contributed by atoms with Crippen molar-refractivity contribution in [3.63, 3.8) is 0 Å². The Hall–Kier alpha value is -4.40.